The summed E-state index contributed by atoms with van der Waals surface area (Å²) in [6.07, 6.45) is 3.48. The van der Waals surface area contributed by atoms with Gasteiger partial charge >= 0.3 is 6.03 Å². The summed E-state index contributed by atoms with van der Waals surface area (Å²) in [4.78, 5) is 19.2. The number of ether oxygens (including phenoxy) is 1. The lowest BCUT2D eigenvalue weighted by Gasteiger charge is -2.36. The Balaban J connectivity index is 1.55. The van der Waals surface area contributed by atoms with E-state index in [9.17, 15) is 4.79 Å². The number of piperazine rings is 1. The van der Waals surface area contributed by atoms with Crippen molar-refractivity contribution in [2.75, 3.05) is 58.9 Å². The predicted molar refractivity (Wildman–Crippen MR) is 97.4 cm³/mol. The molecule has 140 valence electrons. The Kier molecular flexibility index (Phi) is 8.29. The zero-order valence-corrected chi connectivity index (χ0v) is 15.8. The molecule has 1 N–H and O–H groups in total. The SMILES string of the molecule is CC[C@H]1CN(C(=O)NCCCCN2CCN(CC)CC2)C[C@H](C)O1. The largest absolute Gasteiger partial charge is 0.372 e. The first kappa shape index (κ1) is 19.5. The normalized spacial score (nSPS) is 26.5. The van der Waals surface area contributed by atoms with Gasteiger partial charge in [-0.3, -0.25) is 0 Å². The molecule has 2 saturated heterocycles. The molecule has 2 amide bonds. The number of rotatable bonds is 7. The number of amides is 2. The lowest BCUT2D eigenvalue weighted by molar-refractivity contribution is -0.0646. The van der Waals surface area contributed by atoms with E-state index in [1.54, 1.807) is 0 Å². The second kappa shape index (κ2) is 10.2. The van der Waals surface area contributed by atoms with Crippen molar-refractivity contribution in [2.24, 2.45) is 0 Å². The van der Waals surface area contributed by atoms with Crippen molar-refractivity contribution in [1.82, 2.24) is 20.0 Å². The van der Waals surface area contributed by atoms with Gasteiger partial charge < -0.3 is 24.8 Å². The molecule has 0 aliphatic carbocycles. The van der Waals surface area contributed by atoms with Crippen molar-refractivity contribution in [3.05, 3.63) is 0 Å². The molecule has 0 saturated carbocycles. The molecule has 0 radical (unpaired) electrons. The summed E-state index contributed by atoms with van der Waals surface area (Å²) < 4.78 is 5.81. The van der Waals surface area contributed by atoms with E-state index in [0.29, 0.717) is 13.1 Å². The molecule has 24 heavy (non-hydrogen) atoms. The van der Waals surface area contributed by atoms with Crippen molar-refractivity contribution in [2.45, 2.75) is 52.2 Å². The maximum atomic E-state index is 12.3. The van der Waals surface area contributed by atoms with Gasteiger partial charge in [-0.15, -0.1) is 0 Å². The van der Waals surface area contributed by atoms with Crippen LogP contribution in [0, 0.1) is 0 Å². The van der Waals surface area contributed by atoms with E-state index >= 15 is 0 Å². The minimum Gasteiger partial charge on any atom is -0.372 e. The molecule has 2 aliphatic rings. The van der Waals surface area contributed by atoms with E-state index in [2.05, 4.69) is 29.0 Å². The summed E-state index contributed by atoms with van der Waals surface area (Å²) >= 11 is 0. The van der Waals surface area contributed by atoms with E-state index in [1.165, 1.54) is 32.7 Å². The zero-order chi connectivity index (χ0) is 17.4. The number of hydrogen-bond donors (Lipinski definition) is 1. The van der Waals surface area contributed by atoms with E-state index in [4.69, 9.17) is 4.74 Å². The van der Waals surface area contributed by atoms with Crippen LogP contribution in [0.25, 0.3) is 0 Å². The number of nitrogens with zero attached hydrogens (tertiary/aromatic N) is 3. The number of likely N-dealkylation sites (N-methyl/N-ethyl adjacent to an activating group) is 1. The quantitative estimate of drug-likeness (QED) is 0.716. The van der Waals surface area contributed by atoms with Crippen LogP contribution in [0.15, 0.2) is 0 Å². The minimum atomic E-state index is 0.0696. The molecule has 2 fully saturated rings. The van der Waals surface area contributed by atoms with Gasteiger partial charge in [0.05, 0.1) is 12.2 Å². The van der Waals surface area contributed by atoms with Crippen molar-refractivity contribution in [1.29, 1.82) is 0 Å². The van der Waals surface area contributed by atoms with Crippen LogP contribution in [0.5, 0.6) is 0 Å². The van der Waals surface area contributed by atoms with E-state index in [-0.39, 0.29) is 18.2 Å². The molecule has 0 bridgehead atoms. The molecule has 2 aliphatic heterocycles. The van der Waals surface area contributed by atoms with Crippen molar-refractivity contribution in [3.8, 4) is 0 Å². The Morgan fingerprint density at radius 1 is 1.08 bits per heavy atom. The Morgan fingerprint density at radius 3 is 2.46 bits per heavy atom. The standard InChI is InChI=1S/C18H36N4O2/c1-4-17-15-22(14-16(3)24-17)18(23)19-8-6-7-9-21-12-10-20(5-2)11-13-21/h16-17H,4-15H2,1-3H3,(H,19,23)/t16-,17-/m0/s1. The number of urea groups is 1. The summed E-state index contributed by atoms with van der Waals surface area (Å²) in [5.74, 6) is 0. The third-order valence-corrected chi connectivity index (χ3v) is 5.16. The first-order valence-electron chi connectivity index (χ1n) is 9.75. The summed E-state index contributed by atoms with van der Waals surface area (Å²) in [6, 6.07) is 0.0696. The zero-order valence-electron chi connectivity index (χ0n) is 15.8. The van der Waals surface area contributed by atoms with Crippen LogP contribution in [0.2, 0.25) is 0 Å². The molecular formula is C18H36N4O2. The maximum Gasteiger partial charge on any atom is 0.317 e. The fourth-order valence-electron chi connectivity index (χ4n) is 3.53. The number of carbonyl (C=O) groups is 1. The molecular weight excluding hydrogens is 304 g/mol. The highest BCUT2D eigenvalue weighted by atomic mass is 16.5. The highest BCUT2D eigenvalue weighted by molar-refractivity contribution is 5.74. The molecule has 2 heterocycles. The van der Waals surface area contributed by atoms with Crippen LogP contribution in [0.3, 0.4) is 0 Å². The lowest BCUT2D eigenvalue weighted by Crippen LogP contribution is -2.52. The fourth-order valence-corrected chi connectivity index (χ4v) is 3.53. The molecule has 0 aromatic heterocycles. The number of hydrogen-bond acceptors (Lipinski definition) is 4. The monoisotopic (exact) mass is 340 g/mol. The van der Waals surface area contributed by atoms with Gasteiger partial charge in [-0.2, -0.15) is 0 Å². The number of morpholine rings is 1. The summed E-state index contributed by atoms with van der Waals surface area (Å²) in [7, 11) is 0. The van der Waals surface area contributed by atoms with Gasteiger partial charge in [-0.1, -0.05) is 13.8 Å². The topological polar surface area (TPSA) is 48.1 Å². The number of nitrogens with one attached hydrogen (secondary N) is 1. The number of unbranched alkanes of at least 4 members (excludes halogenated alkanes) is 1. The van der Waals surface area contributed by atoms with Gasteiger partial charge in [0.2, 0.25) is 0 Å². The highest BCUT2D eigenvalue weighted by Crippen LogP contribution is 2.13. The van der Waals surface area contributed by atoms with E-state index < -0.39 is 0 Å². The van der Waals surface area contributed by atoms with Crippen molar-refractivity contribution < 1.29 is 9.53 Å². The Morgan fingerprint density at radius 2 is 1.79 bits per heavy atom. The average Bonchev–Trinajstić information content (AvgIpc) is 2.61. The first-order valence-corrected chi connectivity index (χ1v) is 9.75. The first-order chi connectivity index (χ1) is 11.6. The fraction of sp³-hybridized carbons (Fsp3) is 0.944. The smallest absolute Gasteiger partial charge is 0.317 e. The molecule has 2 rings (SSSR count). The van der Waals surface area contributed by atoms with Crippen LogP contribution in [-0.2, 0) is 4.74 Å². The Hall–Kier alpha value is -0.850. The van der Waals surface area contributed by atoms with Gasteiger partial charge in [0.1, 0.15) is 0 Å². The van der Waals surface area contributed by atoms with E-state index in [1.807, 2.05) is 11.8 Å². The summed E-state index contributed by atoms with van der Waals surface area (Å²) in [5.41, 5.74) is 0. The van der Waals surface area contributed by atoms with E-state index in [0.717, 1.165) is 32.4 Å². The molecule has 6 heteroatoms. The summed E-state index contributed by atoms with van der Waals surface area (Å²) in [6.45, 7) is 15.7. The molecule has 2 atom stereocenters. The molecule has 0 spiro atoms. The second-order valence-corrected chi connectivity index (χ2v) is 7.10. The van der Waals surface area contributed by atoms with Crippen molar-refractivity contribution in [3.63, 3.8) is 0 Å². The van der Waals surface area contributed by atoms with Crippen LogP contribution in [-0.4, -0.2) is 91.8 Å². The molecule has 0 unspecified atom stereocenters. The van der Waals surface area contributed by atoms with Gasteiger partial charge in [0, 0.05) is 45.8 Å². The third kappa shape index (κ3) is 6.22. The lowest BCUT2D eigenvalue weighted by atomic mass is 10.2. The minimum absolute atomic E-state index is 0.0696. The molecule has 0 aromatic carbocycles. The third-order valence-electron chi connectivity index (χ3n) is 5.16. The highest BCUT2D eigenvalue weighted by Gasteiger charge is 2.27. The predicted octanol–water partition coefficient (Wildman–Crippen LogP) is 1.61. The van der Waals surface area contributed by atoms with Gasteiger partial charge in [-0.05, 0) is 39.3 Å². The maximum absolute atomic E-state index is 12.3. The molecule has 6 nitrogen and oxygen atoms in total. The van der Waals surface area contributed by atoms with Gasteiger partial charge in [0.15, 0.2) is 0 Å². The van der Waals surface area contributed by atoms with Crippen LogP contribution < -0.4 is 5.32 Å². The number of carbonyl (C=O) groups excluding carboxylic acids is 1. The molecule has 0 aromatic rings. The summed E-state index contributed by atoms with van der Waals surface area (Å²) in [5, 5.41) is 3.08. The van der Waals surface area contributed by atoms with Crippen LogP contribution >= 0.6 is 0 Å². The second-order valence-electron chi connectivity index (χ2n) is 7.10. The van der Waals surface area contributed by atoms with Crippen LogP contribution in [0.4, 0.5) is 4.79 Å². The van der Waals surface area contributed by atoms with Gasteiger partial charge in [-0.25, -0.2) is 4.79 Å². The average molecular weight is 341 g/mol. The van der Waals surface area contributed by atoms with Crippen LogP contribution in [0.1, 0.15) is 40.0 Å². The van der Waals surface area contributed by atoms with Gasteiger partial charge in [0.25, 0.3) is 0 Å². The Labute approximate surface area is 147 Å². The van der Waals surface area contributed by atoms with Crippen molar-refractivity contribution >= 4 is 6.03 Å². The Bertz CT molecular complexity index is 372.